The number of halogens is 3. The molecular formula is C28H27Cl3N2O4. The Balaban J connectivity index is 1.67. The van der Waals surface area contributed by atoms with Crippen LogP contribution in [-0.2, 0) is 16.0 Å². The molecule has 1 saturated carbocycles. The number of aliphatic carboxylic acids is 1. The number of hydrogen-bond acceptors (Lipinski definition) is 3. The molecule has 0 aliphatic heterocycles. The standard InChI is InChI=1S/C28H27Cl3N2O4/c1-28(27(36)37,18-9-3-2-4-10-18)33-26(35)20-13-16-7-5-6-8-17(16)14-23(20)32-24(34)15-19-21(29)11-12-22(30)25(19)31/h5-8,11-14,18H,2-4,9-10,15H2,1H3,(H,32,34)(H,33,35)(H,36,37)/t28-/m0/s1. The van der Waals surface area contributed by atoms with Gasteiger partial charge >= 0.3 is 5.97 Å². The summed E-state index contributed by atoms with van der Waals surface area (Å²) in [5.41, 5.74) is -0.645. The molecule has 1 aliphatic carbocycles. The Morgan fingerprint density at radius 1 is 0.946 bits per heavy atom. The van der Waals surface area contributed by atoms with E-state index in [1.54, 1.807) is 31.2 Å². The van der Waals surface area contributed by atoms with Gasteiger partial charge in [0.1, 0.15) is 5.54 Å². The van der Waals surface area contributed by atoms with Crippen LogP contribution in [0.4, 0.5) is 5.69 Å². The maximum absolute atomic E-state index is 13.6. The summed E-state index contributed by atoms with van der Waals surface area (Å²) in [4.78, 5) is 39.0. The first-order valence-electron chi connectivity index (χ1n) is 12.1. The Kier molecular flexibility index (Phi) is 8.32. The highest BCUT2D eigenvalue weighted by molar-refractivity contribution is 6.44. The van der Waals surface area contributed by atoms with Crippen molar-refractivity contribution in [3.63, 3.8) is 0 Å². The number of carboxylic acids is 1. The van der Waals surface area contributed by atoms with Crippen molar-refractivity contribution in [2.45, 2.75) is 51.0 Å². The van der Waals surface area contributed by atoms with Crippen LogP contribution in [0.15, 0.2) is 48.5 Å². The second-order valence-electron chi connectivity index (χ2n) is 9.59. The summed E-state index contributed by atoms with van der Waals surface area (Å²) >= 11 is 18.6. The second kappa shape index (κ2) is 11.3. The van der Waals surface area contributed by atoms with Crippen molar-refractivity contribution in [3.8, 4) is 0 Å². The highest BCUT2D eigenvalue weighted by atomic mass is 35.5. The molecule has 37 heavy (non-hydrogen) atoms. The van der Waals surface area contributed by atoms with Gasteiger partial charge in [0.2, 0.25) is 5.91 Å². The normalized spacial score (nSPS) is 15.7. The highest BCUT2D eigenvalue weighted by Crippen LogP contribution is 2.35. The fourth-order valence-corrected chi connectivity index (χ4v) is 5.61. The maximum atomic E-state index is 13.6. The Morgan fingerprint density at radius 2 is 1.57 bits per heavy atom. The second-order valence-corrected chi connectivity index (χ2v) is 10.8. The van der Waals surface area contributed by atoms with Crippen LogP contribution in [0, 0.1) is 5.92 Å². The average molecular weight is 562 g/mol. The Labute approximate surface area is 230 Å². The Bertz CT molecular complexity index is 1370. The number of anilines is 1. The summed E-state index contributed by atoms with van der Waals surface area (Å²) < 4.78 is 0. The zero-order valence-corrected chi connectivity index (χ0v) is 22.5. The minimum absolute atomic E-state index is 0.165. The van der Waals surface area contributed by atoms with Crippen LogP contribution in [0.3, 0.4) is 0 Å². The monoisotopic (exact) mass is 560 g/mol. The summed E-state index contributed by atoms with van der Waals surface area (Å²) in [7, 11) is 0. The molecule has 0 unspecified atom stereocenters. The number of benzene rings is 3. The molecule has 4 rings (SSSR count). The van der Waals surface area contributed by atoms with Crippen molar-refractivity contribution in [2.75, 3.05) is 5.32 Å². The van der Waals surface area contributed by atoms with Gasteiger partial charge in [0.05, 0.1) is 27.7 Å². The molecule has 3 aromatic rings. The van der Waals surface area contributed by atoms with Crippen LogP contribution in [0.2, 0.25) is 15.1 Å². The van der Waals surface area contributed by atoms with Gasteiger partial charge in [-0.25, -0.2) is 4.79 Å². The number of rotatable bonds is 7. The van der Waals surface area contributed by atoms with Crippen molar-refractivity contribution in [2.24, 2.45) is 5.92 Å². The first kappa shape index (κ1) is 27.2. The molecular weight excluding hydrogens is 535 g/mol. The Morgan fingerprint density at radius 3 is 2.22 bits per heavy atom. The van der Waals surface area contributed by atoms with Crippen LogP contribution >= 0.6 is 34.8 Å². The molecule has 0 aromatic heterocycles. The van der Waals surface area contributed by atoms with Crippen LogP contribution < -0.4 is 10.6 Å². The van der Waals surface area contributed by atoms with E-state index in [0.29, 0.717) is 10.6 Å². The van der Waals surface area contributed by atoms with Gasteiger partial charge in [-0.1, -0.05) is 78.3 Å². The summed E-state index contributed by atoms with van der Waals surface area (Å²) in [5, 5.41) is 18.0. The lowest BCUT2D eigenvalue weighted by atomic mass is 9.75. The van der Waals surface area contributed by atoms with Crippen molar-refractivity contribution in [1.82, 2.24) is 5.32 Å². The van der Waals surface area contributed by atoms with Crippen LogP contribution in [0.25, 0.3) is 10.8 Å². The minimum atomic E-state index is -1.44. The van der Waals surface area contributed by atoms with Gasteiger partial charge in [-0.3, -0.25) is 9.59 Å². The number of carbonyl (C=O) groups excluding carboxylic acids is 2. The molecule has 2 amide bonds. The molecule has 0 bridgehead atoms. The van der Waals surface area contributed by atoms with Crippen molar-refractivity contribution in [1.29, 1.82) is 0 Å². The molecule has 0 radical (unpaired) electrons. The molecule has 1 fully saturated rings. The molecule has 0 heterocycles. The average Bonchev–Trinajstić information content (AvgIpc) is 2.88. The van der Waals surface area contributed by atoms with Gasteiger partial charge in [0.15, 0.2) is 0 Å². The zero-order chi connectivity index (χ0) is 26.7. The van der Waals surface area contributed by atoms with E-state index in [4.69, 9.17) is 34.8 Å². The van der Waals surface area contributed by atoms with E-state index in [2.05, 4.69) is 10.6 Å². The lowest BCUT2D eigenvalue weighted by molar-refractivity contribution is -0.146. The van der Waals surface area contributed by atoms with Gasteiger partial charge < -0.3 is 15.7 Å². The van der Waals surface area contributed by atoms with Gasteiger partial charge in [-0.2, -0.15) is 0 Å². The van der Waals surface area contributed by atoms with Gasteiger partial charge in [0, 0.05) is 10.6 Å². The fraction of sp³-hybridized carbons (Fsp3) is 0.321. The van der Waals surface area contributed by atoms with E-state index in [0.717, 1.165) is 42.9 Å². The van der Waals surface area contributed by atoms with Crippen LogP contribution in [-0.4, -0.2) is 28.4 Å². The summed E-state index contributed by atoms with van der Waals surface area (Å²) in [5.74, 6) is -2.29. The molecule has 3 N–H and O–H groups in total. The van der Waals surface area contributed by atoms with E-state index in [9.17, 15) is 19.5 Å². The molecule has 6 nitrogen and oxygen atoms in total. The fourth-order valence-electron chi connectivity index (χ4n) is 4.93. The summed E-state index contributed by atoms with van der Waals surface area (Å²) in [6, 6.07) is 13.9. The van der Waals surface area contributed by atoms with Gasteiger partial charge in [-0.15, -0.1) is 0 Å². The van der Waals surface area contributed by atoms with Crippen molar-refractivity contribution >= 4 is 69.0 Å². The lowest BCUT2D eigenvalue weighted by Crippen LogP contribution is -2.57. The largest absolute Gasteiger partial charge is 0.480 e. The van der Waals surface area contributed by atoms with Crippen molar-refractivity contribution < 1.29 is 19.5 Å². The third-order valence-electron chi connectivity index (χ3n) is 7.12. The van der Waals surface area contributed by atoms with Gasteiger partial charge in [0.25, 0.3) is 5.91 Å². The molecule has 0 spiro atoms. The lowest BCUT2D eigenvalue weighted by Gasteiger charge is -2.37. The molecule has 1 atom stereocenters. The van der Waals surface area contributed by atoms with E-state index < -0.39 is 23.3 Å². The maximum Gasteiger partial charge on any atom is 0.329 e. The third-order valence-corrected chi connectivity index (χ3v) is 8.32. The zero-order valence-electron chi connectivity index (χ0n) is 20.2. The smallest absolute Gasteiger partial charge is 0.329 e. The van der Waals surface area contributed by atoms with E-state index in [1.165, 1.54) is 0 Å². The molecule has 0 saturated heterocycles. The minimum Gasteiger partial charge on any atom is -0.480 e. The SMILES string of the molecule is C[C@@](NC(=O)c1cc2ccccc2cc1NC(=O)Cc1c(Cl)ccc(Cl)c1Cl)(C(=O)O)C1CCCCC1. The third kappa shape index (κ3) is 5.87. The van der Waals surface area contributed by atoms with E-state index in [1.807, 2.05) is 24.3 Å². The van der Waals surface area contributed by atoms with Crippen molar-refractivity contribution in [3.05, 3.63) is 74.7 Å². The number of carboxylic acid groups (broad SMARTS) is 1. The number of carbonyl (C=O) groups is 3. The number of amides is 2. The van der Waals surface area contributed by atoms with Gasteiger partial charge in [-0.05, 0) is 60.7 Å². The number of nitrogens with one attached hydrogen (secondary N) is 2. The predicted octanol–water partition coefficient (Wildman–Crippen LogP) is 7.13. The molecule has 194 valence electrons. The Hall–Kier alpha value is -2.80. The predicted molar refractivity (Wildman–Crippen MR) is 148 cm³/mol. The molecule has 1 aliphatic rings. The summed E-state index contributed by atoms with van der Waals surface area (Å²) in [6.07, 6.45) is 4.20. The first-order chi connectivity index (χ1) is 17.6. The first-order valence-corrected chi connectivity index (χ1v) is 13.2. The topological polar surface area (TPSA) is 95.5 Å². The highest BCUT2D eigenvalue weighted by Gasteiger charge is 2.43. The number of hydrogen-bond donors (Lipinski definition) is 3. The number of fused-ring (bicyclic) bond motifs is 1. The summed E-state index contributed by atoms with van der Waals surface area (Å²) in [6.45, 7) is 1.56. The molecule has 9 heteroatoms. The van der Waals surface area contributed by atoms with Crippen LogP contribution in [0.5, 0.6) is 0 Å². The van der Waals surface area contributed by atoms with E-state index in [-0.39, 0.29) is 33.6 Å². The van der Waals surface area contributed by atoms with Crippen LogP contribution in [0.1, 0.15) is 54.9 Å². The quantitative estimate of drug-likeness (QED) is 0.267. The molecule has 3 aromatic carbocycles. The van der Waals surface area contributed by atoms with E-state index >= 15 is 0 Å².